The Labute approximate surface area is 130 Å². The Balaban J connectivity index is 2.29. The summed E-state index contributed by atoms with van der Waals surface area (Å²) >= 11 is 0. The highest BCUT2D eigenvalue weighted by atomic mass is 16.5. The number of hydrogen-bond donors (Lipinski definition) is 1. The lowest BCUT2D eigenvalue weighted by Crippen LogP contribution is -1.98. The SMILES string of the molecule is CCOc1ccccc1/C=C/C(=O)c1cc(C)cc(C)c1O. The number of ether oxygens (including phenoxy) is 1. The highest BCUT2D eigenvalue weighted by Crippen LogP contribution is 2.25. The molecule has 0 bridgehead atoms. The molecule has 0 heterocycles. The normalized spacial score (nSPS) is 10.9. The highest BCUT2D eigenvalue weighted by Gasteiger charge is 2.11. The predicted molar refractivity (Wildman–Crippen MR) is 88.6 cm³/mol. The number of phenolic OH excluding ortho intramolecular Hbond substituents is 1. The summed E-state index contributed by atoms with van der Waals surface area (Å²) < 4.78 is 5.53. The molecule has 0 atom stereocenters. The summed E-state index contributed by atoms with van der Waals surface area (Å²) in [6.45, 7) is 6.17. The van der Waals surface area contributed by atoms with Gasteiger partial charge < -0.3 is 9.84 Å². The van der Waals surface area contributed by atoms with Crippen molar-refractivity contribution in [2.45, 2.75) is 20.8 Å². The van der Waals surface area contributed by atoms with Gasteiger partial charge in [-0.25, -0.2) is 0 Å². The third-order valence-electron chi connectivity index (χ3n) is 3.34. The van der Waals surface area contributed by atoms with Crippen LogP contribution in [0.5, 0.6) is 11.5 Å². The highest BCUT2D eigenvalue weighted by molar-refractivity contribution is 6.09. The first-order valence-electron chi connectivity index (χ1n) is 7.27. The van der Waals surface area contributed by atoms with Gasteiger partial charge in [0.1, 0.15) is 11.5 Å². The third kappa shape index (κ3) is 3.55. The minimum Gasteiger partial charge on any atom is -0.507 e. The Kier molecular flexibility index (Phi) is 4.99. The van der Waals surface area contributed by atoms with Gasteiger partial charge in [-0.2, -0.15) is 0 Å². The number of allylic oxidation sites excluding steroid dienone is 1. The summed E-state index contributed by atoms with van der Waals surface area (Å²) in [6, 6.07) is 11.1. The molecule has 0 saturated carbocycles. The molecule has 3 heteroatoms. The van der Waals surface area contributed by atoms with Crippen molar-refractivity contribution in [3.05, 3.63) is 64.7 Å². The van der Waals surface area contributed by atoms with Gasteiger partial charge in [0, 0.05) is 5.56 Å². The second kappa shape index (κ2) is 6.94. The number of ketones is 1. The van der Waals surface area contributed by atoms with Crippen LogP contribution in [0.2, 0.25) is 0 Å². The number of aromatic hydroxyl groups is 1. The maximum Gasteiger partial charge on any atom is 0.189 e. The predicted octanol–water partition coefficient (Wildman–Crippen LogP) is 4.30. The van der Waals surface area contributed by atoms with E-state index in [0.29, 0.717) is 17.7 Å². The molecule has 0 aliphatic rings. The number of carbonyl (C=O) groups is 1. The molecular formula is C19H20O3. The van der Waals surface area contributed by atoms with Crippen LogP contribution in [0, 0.1) is 13.8 Å². The number of para-hydroxylation sites is 1. The number of benzene rings is 2. The van der Waals surface area contributed by atoms with Gasteiger partial charge in [0.15, 0.2) is 5.78 Å². The zero-order chi connectivity index (χ0) is 16.1. The zero-order valence-corrected chi connectivity index (χ0v) is 13.1. The van der Waals surface area contributed by atoms with E-state index in [9.17, 15) is 9.90 Å². The Bertz CT molecular complexity index is 715. The number of rotatable bonds is 5. The van der Waals surface area contributed by atoms with Crippen LogP contribution in [0.25, 0.3) is 6.08 Å². The van der Waals surface area contributed by atoms with Gasteiger partial charge in [-0.15, -0.1) is 0 Å². The fourth-order valence-electron chi connectivity index (χ4n) is 2.31. The van der Waals surface area contributed by atoms with E-state index in [1.54, 1.807) is 19.1 Å². The van der Waals surface area contributed by atoms with Crippen molar-refractivity contribution in [1.29, 1.82) is 0 Å². The first kappa shape index (κ1) is 15.8. The average Bonchev–Trinajstić information content (AvgIpc) is 2.50. The molecule has 0 fully saturated rings. The van der Waals surface area contributed by atoms with Crippen LogP contribution in [0.1, 0.15) is 34.0 Å². The average molecular weight is 296 g/mol. The number of phenols is 1. The van der Waals surface area contributed by atoms with Gasteiger partial charge in [0.2, 0.25) is 0 Å². The second-order valence-electron chi connectivity index (χ2n) is 5.15. The fourth-order valence-corrected chi connectivity index (χ4v) is 2.31. The molecule has 2 aromatic carbocycles. The van der Waals surface area contributed by atoms with Crippen LogP contribution >= 0.6 is 0 Å². The molecular weight excluding hydrogens is 276 g/mol. The molecule has 0 saturated heterocycles. The van der Waals surface area contributed by atoms with E-state index in [-0.39, 0.29) is 11.5 Å². The number of carbonyl (C=O) groups excluding carboxylic acids is 1. The Morgan fingerprint density at radius 1 is 1.23 bits per heavy atom. The minimum absolute atomic E-state index is 0.0401. The number of hydrogen-bond acceptors (Lipinski definition) is 3. The van der Waals surface area contributed by atoms with Gasteiger partial charge in [0.25, 0.3) is 0 Å². The Morgan fingerprint density at radius 2 is 1.95 bits per heavy atom. The minimum atomic E-state index is -0.226. The lowest BCUT2D eigenvalue weighted by molar-refractivity contribution is 0.104. The van der Waals surface area contributed by atoms with Gasteiger partial charge in [-0.3, -0.25) is 4.79 Å². The van der Waals surface area contributed by atoms with E-state index in [1.807, 2.05) is 44.2 Å². The molecule has 0 aliphatic heterocycles. The fraction of sp³-hybridized carbons (Fsp3) is 0.211. The Morgan fingerprint density at radius 3 is 2.68 bits per heavy atom. The summed E-state index contributed by atoms with van der Waals surface area (Å²) in [7, 11) is 0. The number of aryl methyl sites for hydroxylation is 2. The molecule has 0 radical (unpaired) electrons. The van der Waals surface area contributed by atoms with Gasteiger partial charge in [0.05, 0.1) is 12.2 Å². The van der Waals surface area contributed by atoms with Crippen LogP contribution in [0.4, 0.5) is 0 Å². The van der Waals surface area contributed by atoms with Crippen LogP contribution in [0.15, 0.2) is 42.5 Å². The standard InChI is InChI=1S/C19H20O3/c1-4-22-18-8-6-5-7-15(18)9-10-17(20)16-12-13(2)11-14(3)19(16)21/h5-12,21H,4H2,1-3H3/b10-9+. The van der Waals surface area contributed by atoms with Crippen molar-refractivity contribution in [2.24, 2.45) is 0 Å². The van der Waals surface area contributed by atoms with E-state index in [1.165, 1.54) is 6.08 Å². The first-order valence-corrected chi connectivity index (χ1v) is 7.27. The smallest absolute Gasteiger partial charge is 0.189 e. The summed E-state index contributed by atoms with van der Waals surface area (Å²) in [5.74, 6) is 0.549. The lowest BCUT2D eigenvalue weighted by Gasteiger charge is -2.07. The maximum absolute atomic E-state index is 12.3. The summed E-state index contributed by atoms with van der Waals surface area (Å²) in [5, 5.41) is 10.0. The summed E-state index contributed by atoms with van der Waals surface area (Å²) in [5.41, 5.74) is 2.80. The van der Waals surface area contributed by atoms with Crippen molar-refractivity contribution < 1.29 is 14.6 Å². The summed E-state index contributed by atoms with van der Waals surface area (Å²) in [4.78, 5) is 12.3. The molecule has 0 amide bonds. The van der Waals surface area contributed by atoms with E-state index in [2.05, 4.69) is 0 Å². The summed E-state index contributed by atoms with van der Waals surface area (Å²) in [6.07, 6.45) is 3.18. The largest absolute Gasteiger partial charge is 0.507 e. The van der Waals surface area contributed by atoms with E-state index >= 15 is 0 Å². The van der Waals surface area contributed by atoms with Crippen LogP contribution in [0.3, 0.4) is 0 Å². The Hall–Kier alpha value is -2.55. The van der Waals surface area contributed by atoms with E-state index in [0.717, 1.165) is 16.9 Å². The molecule has 0 unspecified atom stereocenters. The van der Waals surface area contributed by atoms with E-state index < -0.39 is 0 Å². The van der Waals surface area contributed by atoms with Crippen LogP contribution < -0.4 is 4.74 Å². The second-order valence-corrected chi connectivity index (χ2v) is 5.15. The molecule has 1 N–H and O–H groups in total. The topological polar surface area (TPSA) is 46.5 Å². The van der Waals surface area contributed by atoms with Gasteiger partial charge in [-0.1, -0.05) is 24.3 Å². The van der Waals surface area contributed by atoms with Crippen LogP contribution in [-0.4, -0.2) is 17.5 Å². The zero-order valence-electron chi connectivity index (χ0n) is 13.1. The molecule has 2 rings (SSSR count). The first-order chi connectivity index (χ1) is 10.5. The third-order valence-corrected chi connectivity index (χ3v) is 3.34. The molecule has 0 aliphatic carbocycles. The maximum atomic E-state index is 12.3. The van der Waals surface area contributed by atoms with Gasteiger partial charge in [-0.05, 0) is 56.2 Å². The van der Waals surface area contributed by atoms with E-state index in [4.69, 9.17) is 4.74 Å². The molecule has 3 nitrogen and oxygen atoms in total. The van der Waals surface area contributed by atoms with Crippen molar-refractivity contribution >= 4 is 11.9 Å². The van der Waals surface area contributed by atoms with Crippen molar-refractivity contribution in [3.8, 4) is 11.5 Å². The quantitative estimate of drug-likeness (QED) is 0.661. The molecule has 0 aromatic heterocycles. The van der Waals surface area contributed by atoms with Gasteiger partial charge >= 0.3 is 0 Å². The molecule has 0 spiro atoms. The molecule has 2 aromatic rings. The lowest BCUT2D eigenvalue weighted by atomic mass is 10.0. The molecule has 114 valence electrons. The van der Waals surface area contributed by atoms with Crippen LogP contribution in [-0.2, 0) is 0 Å². The molecule has 22 heavy (non-hydrogen) atoms. The van der Waals surface area contributed by atoms with Crippen molar-refractivity contribution in [3.63, 3.8) is 0 Å². The monoisotopic (exact) mass is 296 g/mol. The van der Waals surface area contributed by atoms with Crippen molar-refractivity contribution in [2.75, 3.05) is 6.61 Å². The van der Waals surface area contributed by atoms with Crippen molar-refractivity contribution in [1.82, 2.24) is 0 Å².